The van der Waals surface area contributed by atoms with Gasteiger partial charge in [-0.3, -0.25) is 20.2 Å². The van der Waals surface area contributed by atoms with E-state index in [0.717, 1.165) is 0 Å². The first kappa shape index (κ1) is 22.6. The van der Waals surface area contributed by atoms with Crippen molar-refractivity contribution in [1.29, 1.82) is 0 Å². The van der Waals surface area contributed by atoms with Crippen LogP contribution in [0.5, 0.6) is 0 Å². The summed E-state index contributed by atoms with van der Waals surface area (Å²) in [5, 5.41) is 62.9. The molecule has 18 nitrogen and oxygen atoms in total. The fourth-order valence-electron chi connectivity index (χ4n) is 3.90. The quantitative estimate of drug-likeness (QED) is 0.0989. The van der Waals surface area contributed by atoms with E-state index in [1.165, 1.54) is 0 Å². The summed E-state index contributed by atoms with van der Waals surface area (Å²) in [5.74, 6) is -9.27. The van der Waals surface area contributed by atoms with Gasteiger partial charge in [0, 0.05) is 0 Å². The summed E-state index contributed by atoms with van der Waals surface area (Å²) in [6.07, 6.45) is -6.92. The average Bonchev–Trinajstić information content (AvgIpc) is 3.41. The first-order chi connectivity index (χ1) is 14.8. The Balaban J connectivity index is 1.42. The number of aliphatic hydroxyl groups is 4. The number of hydrogen-bond acceptors (Lipinski definition) is 16. The molecule has 32 heavy (non-hydrogen) atoms. The van der Waals surface area contributed by atoms with Gasteiger partial charge in [-0.1, -0.05) is 0 Å². The molecule has 4 rings (SSSR count). The molecule has 0 amide bonds. The number of nitro groups is 2. The zero-order valence-corrected chi connectivity index (χ0v) is 15.7. The number of nitrogens with zero attached hydrogens (tertiary/aromatic N) is 2. The molecule has 4 aliphatic heterocycles. The van der Waals surface area contributed by atoms with Crippen molar-refractivity contribution in [2.24, 2.45) is 0 Å². The summed E-state index contributed by atoms with van der Waals surface area (Å²) in [4.78, 5) is 44.1. The van der Waals surface area contributed by atoms with Crippen molar-refractivity contribution >= 4 is 11.9 Å². The minimum atomic E-state index is -2.74. The van der Waals surface area contributed by atoms with Crippen molar-refractivity contribution in [2.75, 3.05) is 26.4 Å². The highest BCUT2D eigenvalue weighted by molar-refractivity contribution is 6.29. The lowest BCUT2D eigenvalue weighted by Gasteiger charge is -2.28. The monoisotopic (exact) mass is 468 g/mol. The highest BCUT2D eigenvalue weighted by Crippen LogP contribution is 2.42. The maximum Gasteiger partial charge on any atom is 0.420 e. The Kier molecular flexibility index (Phi) is 4.92. The van der Waals surface area contributed by atoms with Crippen LogP contribution in [0.4, 0.5) is 0 Å². The molecule has 8 atom stereocenters. The Morgan fingerprint density at radius 1 is 0.688 bits per heavy atom. The topological polar surface area (TPSA) is 257 Å². The van der Waals surface area contributed by atoms with Crippen LogP contribution in [-0.2, 0) is 38.0 Å². The Morgan fingerprint density at radius 3 is 1.31 bits per heavy atom. The van der Waals surface area contributed by atoms with Crippen molar-refractivity contribution in [3.05, 3.63) is 20.2 Å². The predicted molar refractivity (Wildman–Crippen MR) is 84.9 cm³/mol. The molecule has 4 heterocycles. The van der Waals surface area contributed by atoms with Crippen LogP contribution < -0.4 is 0 Å². The maximum absolute atomic E-state index is 12.1. The lowest BCUT2D eigenvalue weighted by atomic mass is 10.0. The van der Waals surface area contributed by atoms with E-state index in [2.05, 4.69) is 9.47 Å². The number of carbonyl (C=O) groups excluding carboxylic acids is 2. The number of rotatable bonds is 4. The minimum Gasteiger partial charge on any atom is -0.419 e. The smallest absolute Gasteiger partial charge is 0.419 e. The molecule has 0 aromatic heterocycles. The summed E-state index contributed by atoms with van der Waals surface area (Å²) in [7, 11) is 0. The van der Waals surface area contributed by atoms with Crippen LogP contribution >= 0.6 is 0 Å². The van der Waals surface area contributed by atoms with E-state index in [9.17, 15) is 50.2 Å². The van der Waals surface area contributed by atoms with Crippen molar-refractivity contribution < 1.29 is 68.3 Å². The summed E-state index contributed by atoms with van der Waals surface area (Å²) in [6, 6.07) is 0. The number of carbonyl (C=O) groups is 2. The highest BCUT2D eigenvalue weighted by Gasteiger charge is 2.72. The van der Waals surface area contributed by atoms with Crippen LogP contribution in [-0.4, -0.2) is 116 Å². The molecular weight excluding hydrogens is 452 g/mol. The van der Waals surface area contributed by atoms with Gasteiger partial charge in [0.05, 0.1) is 9.85 Å². The van der Waals surface area contributed by atoms with Gasteiger partial charge in [0.1, 0.15) is 26.4 Å². The van der Waals surface area contributed by atoms with E-state index in [-0.39, 0.29) is 0 Å². The molecule has 0 radical (unpaired) electrons. The minimum absolute atomic E-state index is 0.906. The molecule has 4 N–H and O–H groups in total. The lowest BCUT2D eigenvalue weighted by molar-refractivity contribution is -0.632. The van der Waals surface area contributed by atoms with Crippen LogP contribution in [0.1, 0.15) is 0 Å². The second kappa shape index (κ2) is 6.96. The standard InChI is InChI=1S/C14H16N2O16/c17-9(31-13(21)3-29-5-7(13)27-1-11(5,19)15(23)24)10(18)32-14(22)4-30-6-8(14)28-2-12(6,20)16(25)26/h5-8,19-22H,1-4H2/t5-,6-,7-,8-,11+,12+,13-,14-/m0/s1. The van der Waals surface area contributed by atoms with Gasteiger partial charge in [0.15, 0.2) is 24.4 Å². The molecule has 0 bridgehead atoms. The first-order valence-electron chi connectivity index (χ1n) is 8.88. The molecule has 18 heteroatoms. The van der Waals surface area contributed by atoms with Crippen LogP contribution in [0.15, 0.2) is 0 Å². The second-order valence-corrected chi connectivity index (χ2v) is 7.67. The molecular formula is C14H16N2O16. The van der Waals surface area contributed by atoms with Gasteiger partial charge >= 0.3 is 23.4 Å². The molecule has 4 aliphatic rings. The third-order valence-corrected chi connectivity index (χ3v) is 5.58. The number of fused-ring (bicyclic) bond motifs is 2. The fraction of sp³-hybridized carbons (Fsp3) is 0.857. The van der Waals surface area contributed by atoms with Gasteiger partial charge in [-0.2, -0.15) is 0 Å². The van der Waals surface area contributed by atoms with E-state index in [0.29, 0.717) is 0 Å². The normalized spacial score (nSPS) is 47.0. The van der Waals surface area contributed by atoms with E-state index in [4.69, 9.17) is 18.9 Å². The molecule has 4 fully saturated rings. The van der Waals surface area contributed by atoms with Gasteiger partial charge in [-0.05, 0) is 0 Å². The molecule has 0 aliphatic carbocycles. The van der Waals surface area contributed by atoms with Crippen LogP contribution in [0, 0.1) is 20.2 Å². The largest absolute Gasteiger partial charge is 0.420 e. The maximum atomic E-state index is 12.1. The van der Waals surface area contributed by atoms with Crippen molar-refractivity contribution in [3.63, 3.8) is 0 Å². The van der Waals surface area contributed by atoms with E-state index < -0.39 is 95.7 Å². The average molecular weight is 468 g/mol. The molecule has 0 spiro atoms. The number of hydrogen-bond donors (Lipinski definition) is 4. The molecule has 178 valence electrons. The Labute approximate surface area is 175 Å². The van der Waals surface area contributed by atoms with Gasteiger partial charge < -0.3 is 48.8 Å². The van der Waals surface area contributed by atoms with E-state index >= 15 is 0 Å². The van der Waals surface area contributed by atoms with Gasteiger partial charge in [0.25, 0.3) is 11.6 Å². The molecule has 0 unspecified atom stereocenters. The predicted octanol–water partition coefficient (Wildman–Crippen LogP) is -5.02. The molecule has 0 aromatic carbocycles. The Morgan fingerprint density at radius 2 is 1.00 bits per heavy atom. The van der Waals surface area contributed by atoms with E-state index in [1.54, 1.807) is 0 Å². The summed E-state index contributed by atoms with van der Waals surface area (Å²) < 4.78 is 28.9. The number of ether oxygens (including phenoxy) is 6. The van der Waals surface area contributed by atoms with Gasteiger partial charge in [-0.25, -0.2) is 9.59 Å². The van der Waals surface area contributed by atoms with Gasteiger partial charge in [-0.15, -0.1) is 0 Å². The van der Waals surface area contributed by atoms with Crippen LogP contribution in [0.25, 0.3) is 0 Å². The lowest BCUT2D eigenvalue weighted by Crippen LogP contribution is -2.54. The van der Waals surface area contributed by atoms with Crippen LogP contribution in [0.3, 0.4) is 0 Å². The second-order valence-electron chi connectivity index (χ2n) is 7.67. The molecule has 0 saturated carbocycles. The third kappa shape index (κ3) is 3.03. The van der Waals surface area contributed by atoms with Crippen molar-refractivity contribution in [3.8, 4) is 0 Å². The fourth-order valence-corrected chi connectivity index (χ4v) is 3.90. The third-order valence-electron chi connectivity index (χ3n) is 5.58. The Hall–Kier alpha value is -2.58. The Bertz CT molecular complexity index is 813. The van der Waals surface area contributed by atoms with Crippen LogP contribution in [0.2, 0.25) is 0 Å². The zero-order chi connectivity index (χ0) is 23.7. The van der Waals surface area contributed by atoms with E-state index in [1.807, 2.05) is 0 Å². The van der Waals surface area contributed by atoms with Crippen molar-refractivity contribution in [2.45, 2.75) is 47.4 Å². The summed E-state index contributed by atoms with van der Waals surface area (Å²) >= 11 is 0. The summed E-state index contributed by atoms with van der Waals surface area (Å²) in [5.41, 5.74) is -5.47. The first-order valence-corrected chi connectivity index (χ1v) is 8.88. The molecule has 4 saturated heterocycles. The van der Waals surface area contributed by atoms with Gasteiger partial charge in [0.2, 0.25) is 0 Å². The zero-order valence-electron chi connectivity index (χ0n) is 15.7. The van der Waals surface area contributed by atoms with Crippen molar-refractivity contribution in [1.82, 2.24) is 0 Å². The summed E-state index contributed by atoms with van der Waals surface area (Å²) in [6.45, 7) is -3.63. The number of esters is 2. The molecule has 0 aromatic rings. The highest BCUT2D eigenvalue weighted by atomic mass is 16.8. The SMILES string of the molecule is O=C(O[C@@]1(O)CO[C@H]2[C@@H]1OC[C@]2(O)[N+](=O)[O-])C(=O)O[C@@]1(O)CO[C@H]2[C@@H]1OC[C@]2(O)[N+](=O)[O-].